The van der Waals surface area contributed by atoms with Crippen LogP contribution < -0.4 is 4.90 Å². The molecule has 1 heterocycles. The number of hydrogen-bond donors (Lipinski definition) is 0. The summed E-state index contributed by atoms with van der Waals surface area (Å²) in [7, 11) is 0. The summed E-state index contributed by atoms with van der Waals surface area (Å²) in [5, 5.41) is 8.86. The van der Waals surface area contributed by atoms with Crippen molar-refractivity contribution < 1.29 is 0 Å². The summed E-state index contributed by atoms with van der Waals surface area (Å²) in [5.41, 5.74) is 1.04. The van der Waals surface area contributed by atoms with Gasteiger partial charge in [-0.2, -0.15) is 5.26 Å². The van der Waals surface area contributed by atoms with Crippen LogP contribution in [0.1, 0.15) is 39.3 Å². The van der Waals surface area contributed by atoms with Gasteiger partial charge in [0.2, 0.25) is 0 Å². The molecule has 0 amide bonds. The number of nitriles is 1. The molecule has 0 spiro atoms. The van der Waals surface area contributed by atoms with E-state index in [4.69, 9.17) is 5.26 Å². The van der Waals surface area contributed by atoms with Crippen molar-refractivity contribution in [3.8, 4) is 6.07 Å². The summed E-state index contributed by atoms with van der Waals surface area (Å²) in [4.78, 5) is 10.7. The molecular formula is C13H20N4. The Morgan fingerprint density at radius 3 is 2.59 bits per heavy atom. The van der Waals surface area contributed by atoms with Crippen LogP contribution in [0.3, 0.4) is 0 Å². The lowest BCUT2D eigenvalue weighted by Crippen LogP contribution is -2.28. The van der Waals surface area contributed by atoms with Crippen molar-refractivity contribution in [1.29, 1.82) is 5.26 Å². The van der Waals surface area contributed by atoms with Crippen molar-refractivity contribution in [2.75, 3.05) is 18.0 Å². The van der Waals surface area contributed by atoms with Gasteiger partial charge < -0.3 is 4.90 Å². The van der Waals surface area contributed by atoms with Gasteiger partial charge in [-0.05, 0) is 19.8 Å². The topological polar surface area (TPSA) is 52.8 Å². The van der Waals surface area contributed by atoms with E-state index in [1.165, 1.54) is 0 Å². The van der Waals surface area contributed by atoms with E-state index in [1.54, 1.807) is 6.33 Å². The Morgan fingerprint density at radius 1 is 1.35 bits per heavy atom. The highest BCUT2D eigenvalue weighted by atomic mass is 15.2. The van der Waals surface area contributed by atoms with Crippen molar-refractivity contribution >= 4 is 5.82 Å². The van der Waals surface area contributed by atoms with Gasteiger partial charge in [-0.25, -0.2) is 9.97 Å². The maximum atomic E-state index is 8.86. The minimum Gasteiger partial charge on any atom is -0.355 e. The largest absolute Gasteiger partial charge is 0.355 e. The Balaban J connectivity index is 2.88. The predicted molar refractivity (Wildman–Crippen MR) is 68.8 cm³/mol. The van der Waals surface area contributed by atoms with E-state index in [1.807, 2.05) is 13.0 Å². The van der Waals surface area contributed by atoms with E-state index in [-0.39, 0.29) is 5.92 Å². The minimum absolute atomic E-state index is 0.00687. The fourth-order valence-corrected chi connectivity index (χ4v) is 1.61. The van der Waals surface area contributed by atoms with E-state index in [0.717, 1.165) is 18.1 Å². The molecule has 0 fully saturated rings. The Bertz CT molecular complexity index is 395. The molecule has 0 saturated heterocycles. The smallest absolute Gasteiger partial charge is 0.132 e. The first-order valence-electron chi connectivity index (χ1n) is 6.05. The summed E-state index contributed by atoms with van der Waals surface area (Å²) in [6, 6.07) is 4.26. The average molecular weight is 232 g/mol. The van der Waals surface area contributed by atoms with Crippen LogP contribution in [-0.2, 0) is 0 Å². The van der Waals surface area contributed by atoms with Crippen LogP contribution >= 0.6 is 0 Å². The van der Waals surface area contributed by atoms with Crippen LogP contribution in [0, 0.1) is 17.2 Å². The first kappa shape index (κ1) is 13.4. The van der Waals surface area contributed by atoms with Gasteiger partial charge in [-0.1, -0.05) is 13.8 Å². The lowest BCUT2D eigenvalue weighted by molar-refractivity contribution is 0.676. The van der Waals surface area contributed by atoms with Gasteiger partial charge in [0.1, 0.15) is 12.1 Å². The number of aromatic nitrogens is 2. The van der Waals surface area contributed by atoms with Crippen LogP contribution in [0.25, 0.3) is 0 Å². The first-order valence-corrected chi connectivity index (χ1v) is 6.05. The average Bonchev–Trinajstić information content (AvgIpc) is 2.35. The van der Waals surface area contributed by atoms with Gasteiger partial charge in [0.15, 0.2) is 0 Å². The van der Waals surface area contributed by atoms with E-state index >= 15 is 0 Å². The standard InChI is InChI=1S/C13H20N4/c1-5-17(8-11(4)7-14)13-6-12(10(2)3)15-9-16-13/h6,9-11H,5,8H2,1-4H3. The third kappa shape index (κ3) is 3.70. The molecule has 0 aromatic carbocycles. The number of nitrogens with zero attached hydrogens (tertiary/aromatic N) is 4. The molecule has 0 bridgehead atoms. The molecule has 0 radical (unpaired) electrons. The van der Waals surface area contributed by atoms with E-state index in [0.29, 0.717) is 12.5 Å². The molecule has 4 nitrogen and oxygen atoms in total. The molecule has 17 heavy (non-hydrogen) atoms. The third-order valence-electron chi connectivity index (χ3n) is 2.69. The molecular weight excluding hydrogens is 212 g/mol. The fourth-order valence-electron chi connectivity index (χ4n) is 1.61. The molecule has 1 aromatic rings. The Hall–Kier alpha value is -1.63. The van der Waals surface area contributed by atoms with Crippen LogP contribution in [0.4, 0.5) is 5.82 Å². The van der Waals surface area contributed by atoms with Gasteiger partial charge >= 0.3 is 0 Å². The summed E-state index contributed by atoms with van der Waals surface area (Å²) in [5.74, 6) is 1.31. The van der Waals surface area contributed by atoms with Gasteiger partial charge in [0, 0.05) is 24.8 Å². The monoisotopic (exact) mass is 232 g/mol. The molecule has 92 valence electrons. The molecule has 1 aromatic heterocycles. The lowest BCUT2D eigenvalue weighted by Gasteiger charge is -2.23. The number of rotatable bonds is 5. The molecule has 0 N–H and O–H groups in total. The van der Waals surface area contributed by atoms with E-state index in [9.17, 15) is 0 Å². The Labute approximate surface area is 103 Å². The van der Waals surface area contributed by atoms with Crippen molar-refractivity contribution in [2.45, 2.75) is 33.6 Å². The van der Waals surface area contributed by atoms with Gasteiger partial charge in [-0.15, -0.1) is 0 Å². The normalized spacial score (nSPS) is 12.2. The molecule has 0 aliphatic carbocycles. The van der Waals surface area contributed by atoms with Gasteiger partial charge in [0.05, 0.1) is 12.0 Å². The second-order valence-corrected chi connectivity index (χ2v) is 4.52. The van der Waals surface area contributed by atoms with Crippen molar-refractivity contribution in [1.82, 2.24) is 9.97 Å². The van der Waals surface area contributed by atoms with Crippen LogP contribution in [0.15, 0.2) is 12.4 Å². The maximum absolute atomic E-state index is 8.86. The SMILES string of the molecule is CCN(CC(C)C#N)c1cc(C(C)C)ncn1. The molecule has 4 heteroatoms. The second-order valence-electron chi connectivity index (χ2n) is 4.52. The molecule has 1 unspecified atom stereocenters. The highest BCUT2D eigenvalue weighted by Crippen LogP contribution is 2.17. The molecule has 0 aliphatic heterocycles. The van der Waals surface area contributed by atoms with Crippen LogP contribution in [0.2, 0.25) is 0 Å². The highest BCUT2D eigenvalue weighted by molar-refractivity contribution is 5.39. The highest BCUT2D eigenvalue weighted by Gasteiger charge is 2.11. The Morgan fingerprint density at radius 2 is 2.06 bits per heavy atom. The predicted octanol–water partition coefficient (Wildman–Crippen LogP) is 2.59. The third-order valence-corrected chi connectivity index (χ3v) is 2.69. The molecule has 0 saturated carbocycles. The molecule has 0 aliphatic rings. The quantitative estimate of drug-likeness (QED) is 0.783. The number of hydrogen-bond acceptors (Lipinski definition) is 4. The minimum atomic E-state index is 0.00687. The zero-order valence-electron chi connectivity index (χ0n) is 11.0. The summed E-state index contributed by atoms with van der Waals surface area (Å²) < 4.78 is 0. The van der Waals surface area contributed by atoms with Crippen molar-refractivity contribution in [2.24, 2.45) is 5.92 Å². The number of anilines is 1. The zero-order chi connectivity index (χ0) is 12.8. The van der Waals surface area contributed by atoms with Gasteiger partial charge in [0.25, 0.3) is 0 Å². The van der Waals surface area contributed by atoms with E-state index < -0.39 is 0 Å². The first-order chi connectivity index (χ1) is 8.08. The molecule has 1 atom stereocenters. The van der Waals surface area contributed by atoms with E-state index in [2.05, 4.69) is 41.7 Å². The Kier molecular flexibility index (Phi) is 4.89. The fraction of sp³-hybridized carbons (Fsp3) is 0.615. The van der Waals surface area contributed by atoms with Crippen molar-refractivity contribution in [3.05, 3.63) is 18.1 Å². The van der Waals surface area contributed by atoms with Gasteiger partial charge in [-0.3, -0.25) is 0 Å². The zero-order valence-corrected chi connectivity index (χ0v) is 11.0. The van der Waals surface area contributed by atoms with Crippen LogP contribution in [-0.4, -0.2) is 23.1 Å². The van der Waals surface area contributed by atoms with Crippen LogP contribution in [0.5, 0.6) is 0 Å². The lowest BCUT2D eigenvalue weighted by atomic mass is 10.1. The maximum Gasteiger partial charge on any atom is 0.132 e. The summed E-state index contributed by atoms with van der Waals surface area (Å²) in [6.45, 7) is 9.77. The second kappa shape index (κ2) is 6.19. The molecule has 1 rings (SSSR count). The summed E-state index contributed by atoms with van der Waals surface area (Å²) >= 11 is 0. The summed E-state index contributed by atoms with van der Waals surface area (Å²) in [6.07, 6.45) is 1.60. The van der Waals surface area contributed by atoms with Crippen molar-refractivity contribution in [3.63, 3.8) is 0 Å².